The number of rotatable bonds is 6. The minimum Gasteiger partial charge on any atom is -0.453 e. The highest BCUT2D eigenvalue weighted by Crippen LogP contribution is 2.18. The van der Waals surface area contributed by atoms with E-state index in [0.29, 0.717) is 12.0 Å². The summed E-state index contributed by atoms with van der Waals surface area (Å²) in [5, 5.41) is 10.8. The van der Waals surface area contributed by atoms with Gasteiger partial charge in [-0.25, -0.2) is 8.78 Å². The van der Waals surface area contributed by atoms with E-state index < -0.39 is 35.3 Å². The lowest BCUT2D eigenvalue weighted by Gasteiger charge is -2.14. The highest BCUT2D eigenvalue weighted by Gasteiger charge is 2.20. The Morgan fingerprint density at radius 2 is 1.77 bits per heavy atom. The van der Waals surface area contributed by atoms with Crippen molar-refractivity contribution in [3.05, 3.63) is 65.2 Å². The number of ether oxygens (including phenoxy) is 1. The van der Waals surface area contributed by atoms with Gasteiger partial charge >= 0.3 is 5.97 Å². The van der Waals surface area contributed by atoms with Gasteiger partial charge in [0.25, 0.3) is 5.91 Å². The van der Waals surface area contributed by atoms with Crippen molar-refractivity contribution >= 4 is 17.6 Å². The van der Waals surface area contributed by atoms with Crippen LogP contribution >= 0.6 is 0 Å². The molecule has 0 aliphatic heterocycles. The van der Waals surface area contributed by atoms with E-state index in [9.17, 15) is 18.4 Å². The molecule has 7 heteroatoms. The summed E-state index contributed by atoms with van der Waals surface area (Å²) < 4.78 is 32.0. The van der Waals surface area contributed by atoms with Crippen molar-refractivity contribution in [1.82, 2.24) is 0 Å². The molecule has 1 N–H and O–H groups in total. The average molecular weight is 358 g/mol. The van der Waals surface area contributed by atoms with Crippen LogP contribution in [0.1, 0.15) is 24.5 Å². The zero-order valence-corrected chi connectivity index (χ0v) is 14.0. The van der Waals surface area contributed by atoms with Gasteiger partial charge in [-0.2, -0.15) is 5.26 Å². The van der Waals surface area contributed by atoms with Gasteiger partial charge in [0.05, 0.1) is 11.6 Å². The van der Waals surface area contributed by atoms with Crippen molar-refractivity contribution in [2.75, 3.05) is 5.32 Å². The zero-order chi connectivity index (χ0) is 19.1. The number of hydrogen-bond donors (Lipinski definition) is 1. The van der Waals surface area contributed by atoms with Crippen LogP contribution in [-0.2, 0) is 20.7 Å². The number of carbonyl (C=O) groups excluding carboxylic acids is 2. The number of carbonyl (C=O) groups is 2. The second-order valence-electron chi connectivity index (χ2n) is 5.53. The van der Waals surface area contributed by atoms with Gasteiger partial charge in [0.15, 0.2) is 6.10 Å². The maximum absolute atomic E-state index is 13.5. The number of esters is 1. The predicted molar refractivity (Wildman–Crippen MR) is 90.0 cm³/mol. The average Bonchev–Trinajstić information content (AvgIpc) is 2.63. The maximum atomic E-state index is 13.5. The third kappa shape index (κ3) is 5.11. The first-order chi connectivity index (χ1) is 12.4. The Labute approximate surface area is 149 Å². The fourth-order valence-electron chi connectivity index (χ4n) is 2.14. The second-order valence-corrected chi connectivity index (χ2v) is 5.53. The van der Waals surface area contributed by atoms with E-state index in [4.69, 9.17) is 10.00 Å². The third-order valence-electron chi connectivity index (χ3n) is 3.59. The molecular weight excluding hydrogens is 342 g/mol. The van der Waals surface area contributed by atoms with E-state index in [2.05, 4.69) is 5.32 Å². The Balaban J connectivity index is 1.85. The number of nitrogens with one attached hydrogen (secondary N) is 1. The number of benzene rings is 2. The van der Waals surface area contributed by atoms with Crippen LogP contribution in [0.15, 0.2) is 42.5 Å². The van der Waals surface area contributed by atoms with Crippen LogP contribution in [0.2, 0.25) is 0 Å². The Bertz CT molecular complexity index is 825. The van der Waals surface area contributed by atoms with Crippen LogP contribution < -0.4 is 5.32 Å². The maximum Gasteiger partial charge on any atom is 0.306 e. The molecule has 0 aromatic heterocycles. The van der Waals surface area contributed by atoms with Gasteiger partial charge in [-0.1, -0.05) is 18.2 Å². The van der Waals surface area contributed by atoms with Crippen LogP contribution in [-0.4, -0.2) is 18.0 Å². The lowest BCUT2D eigenvalue weighted by atomic mass is 10.1. The van der Waals surface area contributed by atoms with Crippen molar-refractivity contribution in [1.29, 1.82) is 5.26 Å². The zero-order valence-electron chi connectivity index (χ0n) is 14.0. The summed E-state index contributed by atoms with van der Waals surface area (Å²) in [5.41, 5.74) is 0.770. The lowest BCUT2D eigenvalue weighted by molar-refractivity contribution is -0.153. The summed E-state index contributed by atoms with van der Waals surface area (Å²) in [6.45, 7) is 1.31. The Morgan fingerprint density at radius 1 is 1.15 bits per heavy atom. The molecule has 0 heterocycles. The number of amides is 1. The van der Waals surface area contributed by atoms with Gasteiger partial charge < -0.3 is 10.1 Å². The van der Waals surface area contributed by atoms with Crippen LogP contribution in [0.25, 0.3) is 0 Å². The first-order valence-corrected chi connectivity index (χ1v) is 7.84. The molecule has 0 bridgehead atoms. The molecule has 0 spiro atoms. The third-order valence-corrected chi connectivity index (χ3v) is 3.59. The number of aryl methyl sites for hydroxylation is 1. The smallest absolute Gasteiger partial charge is 0.306 e. The van der Waals surface area contributed by atoms with E-state index in [1.54, 1.807) is 24.3 Å². The van der Waals surface area contributed by atoms with Crippen LogP contribution in [0, 0.1) is 23.0 Å². The summed E-state index contributed by atoms with van der Waals surface area (Å²) in [6.07, 6.45) is -0.805. The molecule has 0 aliphatic carbocycles. The van der Waals surface area contributed by atoms with Crippen molar-refractivity contribution in [2.24, 2.45) is 0 Å². The summed E-state index contributed by atoms with van der Waals surface area (Å²) in [5.74, 6) is -3.29. The van der Waals surface area contributed by atoms with E-state index in [1.807, 2.05) is 6.07 Å². The molecule has 0 saturated heterocycles. The first-order valence-electron chi connectivity index (χ1n) is 7.84. The highest BCUT2D eigenvalue weighted by atomic mass is 19.1. The number of halogens is 2. The molecule has 5 nitrogen and oxygen atoms in total. The van der Waals surface area contributed by atoms with E-state index in [0.717, 1.165) is 17.7 Å². The molecular formula is C19H16F2N2O3. The number of para-hydroxylation sites is 1. The molecule has 0 fully saturated rings. The summed E-state index contributed by atoms with van der Waals surface area (Å²) in [6, 6.07) is 11.9. The Hall–Kier alpha value is -3.27. The van der Waals surface area contributed by atoms with Crippen molar-refractivity contribution in [3.8, 4) is 6.07 Å². The van der Waals surface area contributed by atoms with E-state index in [-0.39, 0.29) is 6.42 Å². The normalized spacial score (nSPS) is 11.3. The fourth-order valence-corrected chi connectivity index (χ4v) is 2.14. The molecule has 1 amide bonds. The van der Waals surface area contributed by atoms with Crippen LogP contribution in [0.4, 0.5) is 14.5 Å². The second kappa shape index (κ2) is 8.72. The van der Waals surface area contributed by atoms with Gasteiger partial charge in [0.1, 0.15) is 17.3 Å². The van der Waals surface area contributed by atoms with Crippen molar-refractivity contribution < 1.29 is 23.1 Å². The van der Waals surface area contributed by atoms with Gasteiger partial charge in [-0.15, -0.1) is 0 Å². The minimum absolute atomic E-state index is 0.0254. The molecule has 0 saturated carbocycles. The minimum atomic E-state index is -1.21. The number of anilines is 1. The monoisotopic (exact) mass is 358 g/mol. The summed E-state index contributed by atoms with van der Waals surface area (Å²) in [7, 11) is 0. The lowest BCUT2D eigenvalue weighted by Crippen LogP contribution is -2.30. The molecule has 2 aromatic rings. The quantitative estimate of drug-likeness (QED) is 0.803. The van der Waals surface area contributed by atoms with Gasteiger partial charge in [0, 0.05) is 6.42 Å². The molecule has 0 radical (unpaired) electrons. The van der Waals surface area contributed by atoms with E-state index in [1.165, 1.54) is 13.0 Å². The summed E-state index contributed by atoms with van der Waals surface area (Å²) >= 11 is 0. The van der Waals surface area contributed by atoms with Crippen molar-refractivity contribution in [2.45, 2.75) is 25.9 Å². The summed E-state index contributed by atoms with van der Waals surface area (Å²) in [4.78, 5) is 23.8. The molecule has 134 valence electrons. The van der Waals surface area contributed by atoms with Gasteiger partial charge in [-0.3, -0.25) is 9.59 Å². The predicted octanol–water partition coefficient (Wildman–Crippen LogP) is 3.34. The number of nitrogens with zero attached hydrogens (tertiary/aromatic N) is 1. The SMILES string of the molecule is CC(OC(=O)CCc1ccc(C#N)cc1)C(=O)Nc1c(F)cccc1F. The van der Waals surface area contributed by atoms with Crippen molar-refractivity contribution in [3.63, 3.8) is 0 Å². The fraction of sp³-hybridized carbons (Fsp3) is 0.211. The van der Waals surface area contributed by atoms with Crippen LogP contribution in [0.5, 0.6) is 0 Å². The standard InChI is InChI=1S/C19H16F2N2O3/c1-12(19(25)23-18-15(20)3-2-4-16(18)21)26-17(24)10-9-13-5-7-14(11-22)8-6-13/h2-8,12H,9-10H2,1H3,(H,23,25). The first kappa shape index (κ1) is 19.1. The van der Waals surface area contributed by atoms with Gasteiger partial charge in [-0.05, 0) is 43.2 Å². The number of nitriles is 1. The largest absolute Gasteiger partial charge is 0.453 e. The van der Waals surface area contributed by atoms with E-state index >= 15 is 0 Å². The Morgan fingerprint density at radius 3 is 2.35 bits per heavy atom. The number of hydrogen-bond acceptors (Lipinski definition) is 4. The Kier molecular flexibility index (Phi) is 6.39. The topological polar surface area (TPSA) is 79.2 Å². The van der Waals surface area contributed by atoms with Crippen LogP contribution in [0.3, 0.4) is 0 Å². The van der Waals surface area contributed by atoms with Gasteiger partial charge in [0.2, 0.25) is 0 Å². The molecule has 1 unspecified atom stereocenters. The molecule has 26 heavy (non-hydrogen) atoms. The highest BCUT2D eigenvalue weighted by molar-refractivity contribution is 5.95. The molecule has 1 atom stereocenters. The molecule has 2 aromatic carbocycles. The molecule has 0 aliphatic rings. The molecule has 2 rings (SSSR count).